The predicted octanol–water partition coefficient (Wildman–Crippen LogP) is 2.83. The van der Waals surface area contributed by atoms with Crippen LogP contribution in [0.4, 0.5) is 0 Å². The maximum absolute atomic E-state index is 12.5. The summed E-state index contributed by atoms with van der Waals surface area (Å²) in [4.78, 5) is 31.8. The summed E-state index contributed by atoms with van der Waals surface area (Å²) < 4.78 is 0. The van der Waals surface area contributed by atoms with Gasteiger partial charge in [0.05, 0.1) is 5.92 Å². The first-order chi connectivity index (χ1) is 12.1. The second-order valence-corrected chi connectivity index (χ2v) is 7.46. The first-order valence-corrected chi connectivity index (χ1v) is 9.31. The van der Waals surface area contributed by atoms with Crippen molar-refractivity contribution < 1.29 is 9.59 Å². The molecule has 3 heterocycles. The van der Waals surface area contributed by atoms with Gasteiger partial charge < -0.3 is 14.8 Å². The average Bonchev–Trinajstić information content (AvgIpc) is 3.32. The average molecular weight is 360 g/mol. The maximum Gasteiger partial charge on any atom is 0.227 e. The van der Waals surface area contributed by atoms with Crippen molar-refractivity contribution >= 4 is 34.3 Å². The fourth-order valence-corrected chi connectivity index (χ4v) is 4.13. The molecule has 2 fully saturated rings. The Labute approximate surface area is 151 Å². The van der Waals surface area contributed by atoms with Crippen molar-refractivity contribution in [3.05, 3.63) is 35.0 Å². The van der Waals surface area contributed by atoms with Gasteiger partial charge in [-0.1, -0.05) is 11.6 Å². The normalized spacial score (nSPS) is 20.8. The molecule has 2 aromatic rings. The van der Waals surface area contributed by atoms with Crippen LogP contribution < -0.4 is 0 Å². The molecule has 1 aromatic carbocycles. The minimum atomic E-state index is -0.164. The molecule has 0 unspecified atom stereocenters. The summed E-state index contributed by atoms with van der Waals surface area (Å²) in [5.74, 6) is 0.0886. The van der Waals surface area contributed by atoms with E-state index in [1.165, 1.54) is 0 Å². The molecule has 2 aliphatic heterocycles. The molecule has 6 heteroatoms. The molecule has 2 amide bonds. The minimum Gasteiger partial charge on any atom is -0.361 e. The summed E-state index contributed by atoms with van der Waals surface area (Å²) in [5.41, 5.74) is 2.20. The number of benzene rings is 1. The van der Waals surface area contributed by atoms with Gasteiger partial charge in [0.25, 0.3) is 0 Å². The number of fused-ring (bicyclic) bond motifs is 1. The highest BCUT2D eigenvalue weighted by atomic mass is 35.5. The van der Waals surface area contributed by atoms with Crippen molar-refractivity contribution in [2.45, 2.75) is 25.7 Å². The molecular weight excluding hydrogens is 338 g/mol. The zero-order chi connectivity index (χ0) is 17.4. The van der Waals surface area contributed by atoms with Gasteiger partial charge in [-0.2, -0.15) is 0 Å². The summed E-state index contributed by atoms with van der Waals surface area (Å²) in [6, 6.07) is 5.78. The molecule has 4 rings (SSSR count). The fraction of sp³-hybridized carbons (Fsp3) is 0.474. The zero-order valence-electron chi connectivity index (χ0n) is 14.1. The van der Waals surface area contributed by atoms with Crippen molar-refractivity contribution in [2.24, 2.45) is 5.92 Å². The number of halogens is 1. The van der Waals surface area contributed by atoms with E-state index in [4.69, 9.17) is 11.6 Å². The van der Waals surface area contributed by atoms with Gasteiger partial charge in [0.15, 0.2) is 0 Å². The SMILES string of the molecule is O=C1C[C@@H](C(=O)N2CCCC2)CN1CCc1c[nH]c2ccc(Cl)cc12. The van der Waals surface area contributed by atoms with E-state index in [-0.39, 0.29) is 17.7 Å². The highest BCUT2D eigenvalue weighted by Gasteiger charge is 2.36. The number of nitrogens with zero attached hydrogens (tertiary/aromatic N) is 2. The van der Waals surface area contributed by atoms with E-state index >= 15 is 0 Å². The molecule has 5 nitrogen and oxygen atoms in total. The molecule has 132 valence electrons. The number of rotatable bonds is 4. The van der Waals surface area contributed by atoms with Gasteiger partial charge in [0.2, 0.25) is 11.8 Å². The molecule has 2 saturated heterocycles. The standard InChI is InChI=1S/C19H22ClN3O2/c20-15-3-4-17-16(10-15)13(11-21-17)5-8-23-12-14(9-18(23)24)19(25)22-6-1-2-7-22/h3-4,10-11,14,21H,1-2,5-9,12H2/t14-/m1/s1. The van der Waals surface area contributed by atoms with Crippen molar-refractivity contribution in [1.82, 2.24) is 14.8 Å². The number of carbonyl (C=O) groups is 2. The Hall–Kier alpha value is -2.01. The Morgan fingerprint density at radius 1 is 1.28 bits per heavy atom. The van der Waals surface area contributed by atoms with E-state index in [1.54, 1.807) is 0 Å². The Bertz CT molecular complexity index is 810. The number of H-pyrrole nitrogens is 1. The van der Waals surface area contributed by atoms with Crippen molar-refractivity contribution in [3.63, 3.8) is 0 Å². The van der Waals surface area contributed by atoms with E-state index in [2.05, 4.69) is 4.98 Å². The second-order valence-electron chi connectivity index (χ2n) is 7.03. The van der Waals surface area contributed by atoms with E-state index in [0.717, 1.165) is 48.8 Å². The van der Waals surface area contributed by atoms with Gasteiger partial charge in [-0.05, 0) is 43.0 Å². The molecule has 0 bridgehead atoms. The number of likely N-dealkylation sites (tertiary alicyclic amines) is 2. The smallest absolute Gasteiger partial charge is 0.227 e. The van der Waals surface area contributed by atoms with Gasteiger partial charge >= 0.3 is 0 Å². The molecule has 1 atom stereocenters. The number of hydrogen-bond donors (Lipinski definition) is 1. The van der Waals surface area contributed by atoms with E-state index in [1.807, 2.05) is 34.2 Å². The zero-order valence-corrected chi connectivity index (χ0v) is 14.9. The highest BCUT2D eigenvalue weighted by Crippen LogP contribution is 2.25. The van der Waals surface area contributed by atoms with Crippen LogP contribution in [0, 0.1) is 5.92 Å². The van der Waals surface area contributed by atoms with Gasteiger partial charge in [0.1, 0.15) is 0 Å². The molecule has 1 aromatic heterocycles. The van der Waals surface area contributed by atoms with Crippen LogP contribution >= 0.6 is 11.6 Å². The lowest BCUT2D eigenvalue weighted by atomic mass is 10.1. The van der Waals surface area contributed by atoms with Crippen LogP contribution in [-0.4, -0.2) is 52.8 Å². The van der Waals surface area contributed by atoms with Crippen LogP contribution in [0.3, 0.4) is 0 Å². The van der Waals surface area contributed by atoms with Gasteiger partial charge in [-0.15, -0.1) is 0 Å². The third-order valence-corrected chi connectivity index (χ3v) is 5.60. The maximum atomic E-state index is 12.5. The van der Waals surface area contributed by atoms with Gasteiger partial charge in [0, 0.05) is 54.7 Å². The number of aromatic nitrogens is 1. The molecule has 0 aliphatic carbocycles. The van der Waals surface area contributed by atoms with Crippen LogP contribution in [0.2, 0.25) is 5.02 Å². The molecule has 0 radical (unpaired) electrons. The number of hydrogen-bond acceptors (Lipinski definition) is 2. The van der Waals surface area contributed by atoms with E-state index in [9.17, 15) is 9.59 Å². The summed E-state index contributed by atoms with van der Waals surface area (Å²) in [7, 11) is 0. The third kappa shape index (κ3) is 3.25. The number of nitrogens with one attached hydrogen (secondary N) is 1. The predicted molar refractivity (Wildman–Crippen MR) is 97.5 cm³/mol. The monoisotopic (exact) mass is 359 g/mol. The van der Waals surface area contributed by atoms with Crippen LogP contribution in [0.25, 0.3) is 10.9 Å². The number of amides is 2. The highest BCUT2D eigenvalue weighted by molar-refractivity contribution is 6.31. The lowest BCUT2D eigenvalue weighted by molar-refractivity contribution is -0.134. The molecule has 25 heavy (non-hydrogen) atoms. The van der Waals surface area contributed by atoms with Crippen molar-refractivity contribution in [3.8, 4) is 0 Å². The Morgan fingerprint density at radius 2 is 2.08 bits per heavy atom. The lowest BCUT2D eigenvalue weighted by Gasteiger charge is -2.20. The third-order valence-electron chi connectivity index (χ3n) is 5.36. The minimum absolute atomic E-state index is 0.0930. The quantitative estimate of drug-likeness (QED) is 0.912. The second kappa shape index (κ2) is 6.71. The largest absolute Gasteiger partial charge is 0.361 e. The molecule has 1 N–H and O–H groups in total. The molecule has 0 spiro atoms. The summed E-state index contributed by atoms with van der Waals surface area (Å²) in [5, 5.41) is 1.81. The first kappa shape index (κ1) is 16.5. The van der Waals surface area contributed by atoms with Gasteiger partial charge in [-0.25, -0.2) is 0 Å². The van der Waals surface area contributed by atoms with E-state index < -0.39 is 0 Å². The van der Waals surface area contributed by atoms with Crippen LogP contribution in [-0.2, 0) is 16.0 Å². The summed E-state index contributed by atoms with van der Waals surface area (Å²) in [6.45, 7) is 2.89. The fourth-order valence-electron chi connectivity index (χ4n) is 3.96. The van der Waals surface area contributed by atoms with E-state index in [0.29, 0.717) is 24.5 Å². The van der Waals surface area contributed by atoms with Crippen LogP contribution in [0.1, 0.15) is 24.8 Å². The van der Waals surface area contributed by atoms with Crippen LogP contribution in [0.5, 0.6) is 0 Å². The lowest BCUT2D eigenvalue weighted by Crippen LogP contribution is -2.35. The number of carbonyl (C=O) groups excluding carboxylic acids is 2. The Balaban J connectivity index is 1.40. The Morgan fingerprint density at radius 3 is 2.88 bits per heavy atom. The molecular formula is C19H22ClN3O2. The summed E-state index contributed by atoms with van der Waals surface area (Å²) in [6.07, 6.45) is 5.26. The first-order valence-electron chi connectivity index (χ1n) is 8.94. The van der Waals surface area contributed by atoms with Crippen molar-refractivity contribution in [1.29, 1.82) is 0 Å². The van der Waals surface area contributed by atoms with Crippen LogP contribution in [0.15, 0.2) is 24.4 Å². The molecule has 2 aliphatic rings. The summed E-state index contributed by atoms with van der Waals surface area (Å²) >= 11 is 6.09. The number of aromatic amines is 1. The topological polar surface area (TPSA) is 56.4 Å². The Kier molecular flexibility index (Phi) is 4.42. The molecule has 0 saturated carbocycles. The van der Waals surface area contributed by atoms with Gasteiger partial charge in [-0.3, -0.25) is 9.59 Å². The van der Waals surface area contributed by atoms with Crippen molar-refractivity contribution in [2.75, 3.05) is 26.2 Å².